The average Bonchev–Trinajstić information content (AvgIpc) is 2.56. The molecule has 0 bridgehead atoms. The Morgan fingerprint density at radius 3 is 2.35 bits per heavy atom. The summed E-state index contributed by atoms with van der Waals surface area (Å²) < 4.78 is 58.4. The Hall–Kier alpha value is -2.42. The van der Waals surface area contributed by atoms with E-state index in [-0.39, 0.29) is 25.7 Å². The maximum absolute atomic E-state index is 13.9. The minimum Gasteiger partial charge on any atom is -0.462 e. The van der Waals surface area contributed by atoms with Gasteiger partial charge >= 0.3 is 5.97 Å². The number of aliphatic hydroxyl groups is 1. The van der Waals surface area contributed by atoms with E-state index in [2.05, 4.69) is 5.32 Å². The van der Waals surface area contributed by atoms with E-state index in [4.69, 9.17) is 9.84 Å². The van der Waals surface area contributed by atoms with Gasteiger partial charge in [-0.2, -0.15) is 0 Å². The van der Waals surface area contributed by atoms with Crippen LogP contribution in [-0.4, -0.2) is 35.6 Å². The van der Waals surface area contributed by atoms with Crippen LogP contribution in [0.5, 0.6) is 0 Å². The van der Waals surface area contributed by atoms with Crippen LogP contribution in [0, 0.1) is 23.3 Å². The second kappa shape index (κ2) is 8.79. The summed E-state index contributed by atoms with van der Waals surface area (Å²) in [5.74, 6) is -10.5. The van der Waals surface area contributed by atoms with Crippen LogP contribution in [0.15, 0.2) is 17.8 Å². The van der Waals surface area contributed by atoms with Crippen LogP contribution in [-0.2, 0) is 9.53 Å². The fourth-order valence-electron chi connectivity index (χ4n) is 1.93. The van der Waals surface area contributed by atoms with Crippen molar-refractivity contribution in [3.63, 3.8) is 0 Å². The Morgan fingerprint density at radius 2 is 1.81 bits per heavy atom. The number of halogens is 4. The molecule has 2 N–H and O–H groups in total. The molecule has 0 heterocycles. The summed E-state index contributed by atoms with van der Waals surface area (Å²) in [5, 5.41) is 11.7. The highest BCUT2D eigenvalue weighted by Gasteiger charge is 2.29. The lowest BCUT2D eigenvalue weighted by Crippen LogP contribution is -2.37. The molecule has 1 rings (SSSR count). The molecule has 0 amide bonds. The number of hydrogen-bond acceptors (Lipinski definition) is 5. The molecule has 0 aliphatic carbocycles. The fourth-order valence-corrected chi connectivity index (χ4v) is 1.93. The Kier molecular flexibility index (Phi) is 7.31. The number of ether oxygens (including phenoxy) is 1. The predicted octanol–water partition coefficient (Wildman–Crippen LogP) is 2.62. The summed E-state index contributed by atoms with van der Waals surface area (Å²) in [6.07, 6.45) is 1.15. The molecule has 0 radical (unpaired) electrons. The second-order valence-corrected chi connectivity index (χ2v) is 5.96. The zero-order chi connectivity index (χ0) is 20.1. The lowest BCUT2D eigenvalue weighted by molar-refractivity contribution is -0.138. The number of benzene rings is 1. The first-order chi connectivity index (χ1) is 12.1. The summed E-state index contributed by atoms with van der Waals surface area (Å²) in [5.41, 5.74) is -2.64. The molecule has 1 aromatic carbocycles. The van der Waals surface area contributed by atoms with E-state index in [9.17, 15) is 27.2 Å². The SMILES string of the molecule is CCOC(=O)C(=CNC(C)(C)CCO)C(=O)c1cc(F)c(F)c(F)c1F. The molecule has 9 heteroatoms. The van der Waals surface area contributed by atoms with E-state index in [0.29, 0.717) is 0 Å². The maximum Gasteiger partial charge on any atom is 0.343 e. The van der Waals surface area contributed by atoms with Crippen LogP contribution in [0.25, 0.3) is 0 Å². The predicted molar refractivity (Wildman–Crippen MR) is 84.2 cm³/mol. The molecule has 0 saturated carbocycles. The number of nitrogens with one attached hydrogen (secondary N) is 1. The minimum absolute atomic E-state index is 0.113. The van der Waals surface area contributed by atoms with Crippen LogP contribution in [0.3, 0.4) is 0 Å². The lowest BCUT2D eigenvalue weighted by Gasteiger charge is -2.24. The molecule has 0 atom stereocenters. The highest BCUT2D eigenvalue weighted by molar-refractivity contribution is 6.24. The van der Waals surface area contributed by atoms with Gasteiger partial charge in [0.25, 0.3) is 0 Å². The quantitative estimate of drug-likeness (QED) is 0.106. The van der Waals surface area contributed by atoms with Crippen molar-refractivity contribution in [2.45, 2.75) is 32.7 Å². The van der Waals surface area contributed by atoms with Gasteiger partial charge in [-0.05, 0) is 33.3 Å². The third-order valence-electron chi connectivity index (χ3n) is 3.43. The van der Waals surface area contributed by atoms with Gasteiger partial charge in [-0.15, -0.1) is 0 Å². The highest BCUT2D eigenvalue weighted by atomic mass is 19.2. The number of carbonyl (C=O) groups is 2. The van der Waals surface area contributed by atoms with Gasteiger partial charge in [-0.25, -0.2) is 22.4 Å². The number of Topliss-reactive ketones (excluding diaryl/α,β-unsaturated/α-hetero) is 1. The van der Waals surface area contributed by atoms with Crippen molar-refractivity contribution in [3.8, 4) is 0 Å². The standard InChI is InChI=1S/C17H19F4NO4/c1-4-26-16(25)10(8-22-17(2,3)5-6-23)15(24)9-7-11(18)13(20)14(21)12(9)19/h7-8,22-23H,4-6H2,1-3H3. The second-order valence-electron chi connectivity index (χ2n) is 5.96. The first-order valence-corrected chi connectivity index (χ1v) is 7.69. The Balaban J connectivity index is 3.36. The average molecular weight is 377 g/mol. The Labute approximate surface area is 147 Å². The van der Waals surface area contributed by atoms with Crippen molar-refractivity contribution in [2.75, 3.05) is 13.2 Å². The van der Waals surface area contributed by atoms with E-state index >= 15 is 0 Å². The molecular formula is C17H19F4NO4. The number of ketones is 1. The van der Waals surface area contributed by atoms with Gasteiger partial charge in [0, 0.05) is 18.3 Å². The number of hydrogen-bond donors (Lipinski definition) is 2. The molecular weight excluding hydrogens is 358 g/mol. The van der Waals surface area contributed by atoms with Crippen LogP contribution in [0.4, 0.5) is 17.6 Å². The van der Waals surface area contributed by atoms with Crippen molar-refractivity contribution >= 4 is 11.8 Å². The smallest absolute Gasteiger partial charge is 0.343 e. The normalized spacial score (nSPS) is 12.1. The molecule has 0 fully saturated rings. The molecule has 0 aliphatic rings. The molecule has 144 valence electrons. The largest absolute Gasteiger partial charge is 0.462 e. The van der Waals surface area contributed by atoms with Crippen molar-refractivity contribution in [1.82, 2.24) is 5.32 Å². The number of carbonyl (C=O) groups excluding carboxylic acids is 2. The van der Waals surface area contributed by atoms with Crippen LogP contribution < -0.4 is 5.32 Å². The van der Waals surface area contributed by atoms with Crippen LogP contribution in [0.1, 0.15) is 37.6 Å². The number of esters is 1. The Bertz CT molecular complexity index is 732. The van der Waals surface area contributed by atoms with Crippen LogP contribution in [0.2, 0.25) is 0 Å². The minimum atomic E-state index is -2.16. The molecule has 5 nitrogen and oxygen atoms in total. The van der Waals surface area contributed by atoms with Gasteiger partial charge in [0.05, 0.1) is 12.2 Å². The van der Waals surface area contributed by atoms with Crippen molar-refractivity contribution in [2.24, 2.45) is 0 Å². The van der Waals surface area contributed by atoms with Crippen molar-refractivity contribution < 1.29 is 37.0 Å². The van der Waals surface area contributed by atoms with E-state index in [1.807, 2.05) is 0 Å². The van der Waals surface area contributed by atoms with Gasteiger partial charge < -0.3 is 15.2 Å². The van der Waals surface area contributed by atoms with Gasteiger partial charge in [0.1, 0.15) is 5.57 Å². The molecule has 0 spiro atoms. The first-order valence-electron chi connectivity index (χ1n) is 7.69. The van der Waals surface area contributed by atoms with Gasteiger partial charge in [-0.1, -0.05) is 0 Å². The topological polar surface area (TPSA) is 75.6 Å². The van der Waals surface area contributed by atoms with Gasteiger partial charge in [0.2, 0.25) is 5.78 Å². The number of rotatable bonds is 8. The summed E-state index contributed by atoms with van der Waals surface area (Å²) in [7, 11) is 0. The van der Waals surface area contributed by atoms with Crippen molar-refractivity contribution in [3.05, 3.63) is 46.7 Å². The lowest BCUT2D eigenvalue weighted by atomic mass is 10.00. The number of aliphatic hydroxyl groups excluding tert-OH is 1. The molecule has 0 aromatic heterocycles. The third kappa shape index (κ3) is 5.04. The summed E-state index contributed by atoms with van der Waals surface area (Å²) in [4.78, 5) is 24.4. The molecule has 26 heavy (non-hydrogen) atoms. The molecule has 0 unspecified atom stereocenters. The monoisotopic (exact) mass is 377 g/mol. The van der Waals surface area contributed by atoms with E-state index in [1.54, 1.807) is 13.8 Å². The summed E-state index contributed by atoms with van der Waals surface area (Å²) in [6.45, 7) is 4.44. The Morgan fingerprint density at radius 1 is 1.19 bits per heavy atom. The molecule has 0 saturated heterocycles. The van der Waals surface area contributed by atoms with E-state index in [0.717, 1.165) is 6.20 Å². The molecule has 1 aromatic rings. The van der Waals surface area contributed by atoms with Gasteiger partial charge in [-0.3, -0.25) is 4.79 Å². The van der Waals surface area contributed by atoms with Gasteiger partial charge in [0.15, 0.2) is 23.3 Å². The third-order valence-corrected chi connectivity index (χ3v) is 3.43. The summed E-state index contributed by atoms with van der Waals surface area (Å²) >= 11 is 0. The first kappa shape index (κ1) is 21.6. The zero-order valence-corrected chi connectivity index (χ0v) is 14.5. The maximum atomic E-state index is 13.9. The highest BCUT2D eigenvalue weighted by Crippen LogP contribution is 2.22. The zero-order valence-electron chi connectivity index (χ0n) is 14.5. The molecule has 0 aliphatic heterocycles. The fraction of sp³-hybridized carbons (Fsp3) is 0.412. The van der Waals surface area contributed by atoms with Crippen LogP contribution >= 0.6 is 0 Å². The van der Waals surface area contributed by atoms with Crippen molar-refractivity contribution in [1.29, 1.82) is 0 Å². The van der Waals surface area contributed by atoms with E-state index in [1.165, 1.54) is 6.92 Å². The van der Waals surface area contributed by atoms with E-state index < -0.39 is 51.7 Å². The summed E-state index contributed by atoms with van der Waals surface area (Å²) in [6, 6.07) is 0.169.